The molecule has 4 aliphatic carbocycles. The second-order valence-corrected chi connectivity index (χ2v) is 18.6. The third-order valence-electron chi connectivity index (χ3n) is 15.3. The van der Waals surface area contributed by atoms with Crippen molar-refractivity contribution in [3.05, 3.63) is 40.2 Å². The Bertz CT molecular complexity index is 1300. The number of nitrogens with one attached hydrogen (secondary N) is 1. The lowest BCUT2D eigenvalue weighted by atomic mass is 9.45. The van der Waals surface area contributed by atoms with E-state index in [1.807, 2.05) is 0 Å². The number of non-ortho nitro benzene ring substituents is 1. The molecule has 4 fully saturated rings. The zero-order valence-electron chi connectivity index (χ0n) is 31.2. The summed E-state index contributed by atoms with van der Waals surface area (Å²) in [5.41, 5.74) is 1.84. The zero-order valence-corrected chi connectivity index (χ0v) is 31.2. The predicted molar refractivity (Wildman–Crippen MR) is 196 cm³/mol. The van der Waals surface area contributed by atoms with Gasteiger partial charge in [-0.15, -0.1) is 0 Å². The maximum atomic E-state index is 11.3. The van der Waals surface area contributed by atoms with E-state index in [1.54, 1.807) is 24.3 Å². The summed E-state index contributed by atoms with van der Waals surface area (Å²) < 4.78 is 0. The minimum Gasteiger partial charge on any atom is -0.263 e. The van der Waals surface area contributed by atoms with E-state index in [4.69, 9.17) is 10.1 Å². The number of aromatic nitrogens is 3. The van der Waals surface area contributed by atoms with Gasteiger partial charge in [0.25, 0.3) is 5.69 Å². The molecule has 0 spiro atoms. The highest BCUT2D eigenvalue weighted by atomic mass is 16.6. The maximum absolute atomic E-state index is 11.3. The fourth-order valence-electron chi connectivity index (χ4n) is 11.9. The fraction of sp³-hybridized carbons (Fsp3) is 0.810. The van der Waals surface area contributed by atoms with E-state index in [1.165, 1.54) is 109 Å². The Labute approximate surface area is 291 Å². The van der Waals surface area contributed by atoms with Crippen LogP contribution in [0.2, 0.25) is 0 Å². The highest BCUT2D eigenvalue weighted by Gasteiger charge is 2.55. The highest BCUT2D eigenvalue weighted by Crippen LogP contribution is 2.62. The summed E-state index contributed by atoms with van der Waals surface area (Å²) in [4.78, 5) is 16.0. The van der Waals surface area contributed by atoms with Gasteiger partial charge >= 0.3 is 0 Å². The fourth-order valence-corrected chi connectivity index (χ4v) is 11.9. The maximum Gasteiger partial charge on any atom is 0.269 e. The quantitative estimate of drug-likeness (QED) is 0.203. The molecule has 0 aliphatic heterocycles. The standard InChI is InChI=1S/C42H66N4O2/c1-40(2,30-16-10-7-11-17-30)33-26-36(41(3,4)31-18-12-8-13-19-31)35(37(27-33)42(5,6)32-20-14-9-15-21-32)28-38-43-39(45-44-38)29-22-24-34(25-23-29)46(47)48/h22-25,30-33,35-37H,7-21,26-28H2,1-6H3,(H,43,44,45). The SMILES string of the molecule is CC(C)(C1CCCCC1)C1CC(C(C)(C)C2CCCCC2)C(Cc2nc(-c3ccc([N+](=O)[O-])cc3)n[nH]2)C(C(C)(C)C2CCCCC2)C1. The summed E-state index contributed by atoms with van der Waals surface area (Å²) in [6.07, 6.45) is 24.6. The van der Waals surface area contributed by atoms with E-state index in [2.05, 4.69) is 46.6 Å². The number of nitro groups is 1. The van der Waals surface area contributed by atoms with Gasteiger partial charge in [-0.05, 0) is 121 Å². The largest absolute Gasteiger partial charge is 0.269 e. The highest BCUT2D eigenvalue weighted by molar-refractivity contribution is 5.56. The number of hydrogen-bond acceptors (Lipinski definition) is 4. The van der Waals surface area contributed by atoms with Crippen molar-refractivity contribution in [2.45, 2.75) is 157 Å². The van der Waals surface area contributed by atoms with Gasteiger partial charge < -0.3 is 0 Å². The second kappa shape index (κ2) is 14.5. The van der Waals surface area contributed by atoms with Crippen molar-refractivity contribution in [3.63, 3.8) is 0 Å². The van der Waals surface area contributed by atoms with Crippen LogP contribution in [0.4, 0.5) is 5.69 Å². The van der Waals surface area contributed by atoms with Gasteiger partial charge in [-0.3, -0.25) is 15.2 Å². The summed E-state index contributed by atoms with van der Waals surface area (Å²) >= 11 is 0. The molecule has 4 aliphatic rings. The summed E-state index contributed by atoms with van der Waals surface area (Å²) in [6, 6.07) is 6.69. The Balaban J connectivity index is 1.38. The van der Waals surface area contributed by atoms with Crippen LogP contribution in [0.1, 0.15) is 157 Å². The molecule has 1 aromatic heterocycles. The molecule has 1 N–H and O–H groups in total. The first-order chi connectivity index (χ1) is 22.9. The number of H-pyrrole nitrogens is 1. The van der Waals surface area contributed by atoms with Crippen LogP contribution in [0.3, 0.4) is 0 Å². The number of hydrogen-bond donors (Lipinski definition) is 1. The number of aromatic amines is 1. The van der Waals surface area contributed by atoms with Crippen molar-refractivity contribution in [2.24, 2.45) is 57.7 Å². The Kier molecular flexibility index (Phi) is 10.8. The molecule has 0 bridgehead atoms. The molecule has 2 atom stereocenters. The Morgan fingerprint density at radius 3 is 1.54 bits per heavy atom. The monoisotopic (exact) mass is 659 g/mol. The first-order valence-electron chi connectivity index (χ1n) is 20.0. The number of nitrogens with zero attached hydrogens (tertiary/aromatic N) is 3. The number of nitro benzene ring substituents is 1. The van der Waals surface area contributed by atoms with Crippen LogP contribution in [-0.4, -0.2) is 20.1 Å². The van der Waals surface area contributed by atoms with E-state index < -0.39 is 0 Å². The molecular weight excluding hydrogens is 592 g/mol. The second-order valence-electron chi connectivity index (χ2n) is 18.6. The topological polar surface area (TPSA) is 84.7 Å². The molecule has 2 unspecified atom stereocenters. The summed E-state index contributed by atoms with van der Waals surface area (Å²) in [6.45, 7) is 16.0. The minimum absolute atomic E-state index is 0.1000. The molecule has 48 heavy (non-hydrogen) atoms. The molecule has 1 aromatic carbocycles. The molecule has 0 radical (unpaired) electrons. The third kappa shape index (κ3) is 7.29. The molecule has 0 amide bonds. The zero-order chi connectivity index (χ0) is 34.1. The number of benzene rings is 1. The lowest BCUT2D eigenvalue weighted by Gasteiger charge is -2.60. The van der Waals surface area contributed by atoms with Gasteiger partial charge in [0.1, 0.15) is 5.82 Å². The van der Waals surface area contributed by atoms with E-state index in [0.717, 1.165) is 41.5 Å². The van der Waals surface area contributed by atoms with Crippen LogP contribution >= 0.6 is 0 Å². The lowest BCUT2D eigenvalue weighted by Crippen LogP contribution is -2.53. The van der Waals surface area contributed by atoms with Crippen LogP contribution in [0.5, 0.6) is 0 Å². The Morgan fingerprint density at radius 1 is 0.667 bits per heavy atom. The van der Waals surface area contributed by atoms with E-state index in [-0.39, 0.29) is 21.4 Å². The van der Waals surface area contributed by atoms with Crippen LogP contribution in [0.25, 0.3) is 11.4 Å². The first kappa shape index (κ1) is 35.6. The molecule has 0 saturated heterocycles. The third-order valence-corrected chi connectivity index (χ3v) is 15.3. The molecule has 4 saturated carbocycles. The summed E-state index contributed by atoms with van der Waals surface area (Å²) in [5, 5.41) is 19.3. The summed E-state index contributed by atoms with van der Waals surface area (Å²) in [7, 11) is 0. The van der Waals surface area contributed by atoms with Crippen molar-refractivity contribution in [2.75, 3.05) is 0 Å². The van der Waals surface area contributed by atoms with Crippen molar-refractivity contribution < 1.29 is 4.92 Å². The smallest absolute Gasteiger partial charge is 0.263 e. The average Bonchev–Trinajstić information content (AvgIpc) is 3.58. The van der Waals surface area contributed by atoms with Gasteiger partial charge in [0, 0.05) is 24.1 Å². The summed E-state index contributed by atoms with van der Waals surface area (Å²) in [5.74, 6) is 6.66. The van der Waals surface area contributed by atoms with Crippen LogP contribution in [0, 0.1) is 67.8 Å². The Hall–Kier alpha value is -2.24. The van der Waals surface area contributed by atoms with Gasteiger partial charge in [-0.2, -0.15) is 5.10 Å². The molecular formula is C42H66N4O2. The van der Waals surface area contributed by atoms with Crippen LogP contribution in [0.15, 0.2) is 24.3 Å². The Morgan fingerprint density at radius 2 is 1.10 bits per heavy atom. The van der Waals surface area contributed by atoms with E-state index in [0.29, 0.717) is 29.0 Å². The van der Waals surface area contributed by atoms with E-state index >= 15 is 0 Å². The first-order valence-corrected chi connectivity index (χ1v) is 20.0. The molecule has 266 valence electrons. The average molecular weight is 659 g/mol. The van der Waals surface area contributed by atoms with Crippen molar-refractivity contribution in [1.82, 2.24) is 15.2 Å². The van der Waals surface area contributed by atoms with Crippen molar-refractivity contribution in [3.8, 4) is 11.4 Å². The molecule has 6 rings (SSSR count). The van der Waals surface area contributed by atoms with Gasteiger partial charge in [0.15, 0.2) is 5.82 Å². The minimum atomic E-state index is -0.346. The molecule has 2 aromatic rings. The predicted octanol–water partition coefficient (Wildman–Crippen LogP) is 12.0. The van der Waals surface area contributed by atoms with Crippen LogP contribution in [-0.2, 0) is 6.42 Å². The van der Waals surface area contributed by atoms with Crippen LogP contribution < -0.4 is 0 Å². The van der Waals surface area contributed by atoms with Gasteiger partial charge in [-0.1, -0.05) is 99.3 Å². The normalized spacial score (nSPS) is 27.6. The van der Waals surface area contributed by atoms with Crippen molar-refractivity contribution >= 4 is 5.69 Å². The molecule has 1 heterocycles. The molecule has 6 heteroatoms. The molecule has 6 nitrogen and oxygen atoms in total. The van der Waals surface area contributed by atoms with Gasteiger partial charge in [-0.25, -0.2) is 4.98 Å². The van der Waals surface area contributed by atoms with E-state index in [9.17, 15) is 10.1 Å². The number of rotatable bonds is 10. The van der Waals surface area contributed by atoms with Gasteiger partial charge in [0.2, 0.25) is 0 Å². The lowest BCUT2D eigenvalue weighted by molar-refractivity contribution is -0.384. The van der Waals surface area contributed by atoms with Crippen molar-refractivity contribution in [1.29, 1.82) is 0 Å². The van der Waals surface area contributed by atoms with Gasteiger partial charge in [0.05, 0.1) is 4.92 Å².